The van der Waals surface area contributed by atoms with Crippen LogP contribution in [-0.4, -0.2) is 30.9 Å². The molecule has 0 radical (unpaired) electrons. The predicted molar refractivity (Wildman–Crippen MR) is 125 cm³/mol. The van der Waals surface area contributed by atoms with Crippen molar-refractivity contribution in [2.75, 3.05) is 5.32 Å². The molecule has 2 aromatic heterocycles. The van der Waals surface area contributed by atoms with Gasteiger partial charge in [0.05, 0.1) is 10.9 Å². The maximum atomic E-state index is 12.8. The van der Waals surface area contributed by atoms with Crippen molar-refractivity contribution in [2.24, 2.45) is 0 Å². The van der Waals surface area contributed by atoms with Crippen molar-refractivity contribution < 1.29 is 4.79 Å². The van der Waals surface area contributed by atoms with E-state index in [9.17, 15) is 4.79 Å². The summed E-state index contributed by atoms with van der Waals surface area (Å²) in [6.07, 6.45) is 3.45. The van der Waals surface area contributed by atoms with Gasteiger partial charge in [0.1, 0.15) is 0 Å². The van der Waals surface area contributed by atoms with Gasteiger partial charge < -0.3 is 5.32 Å². The second-order valence-electron chi connectivity index (χ2n) is 6.92. The lowest BCUT2D eigenvalue weighted by atomic mass is 10.2. The third-order valence-corrected chi connectivity index (χ3v) is 5.99. The smallest absolute Gasteiger partial charge is 0.237 e. The number of anilines is 1. The summed E-state index contributed by atoms with van der Waals surface area (Å²) in [4.78, 5) is 16.9. The number of para-hydroxylation sites is 1. The number of halogens is 1. The van der Waals surface area contributed by atoms with E-state index in [4.69, 9.17) is 11.6 Å². The first kappa shape index (κ1) is 21.1. The normalized spacial score (nSPS) is 11.8. The van der Waals surface area contributed by atoms with Gasteiger partial charge in [0.15, 0.2) is 11.0 Å². The van der Waals surface area contributed by atoms with Gasteiger partial charge in [-0.1, -0.05) is 41.6 Å². The highest BCUT2D eigenvalue weighted by atomic mass is 35.5. The van der Waals surface area contributed by atoms with Crippen LogP contribution in [0.5, 0.6) is 0 Å². The minimum absolute atomic E-state index is 0.128. The molecule has 0 bridgehead atoms. The number of hydrogen-bond donors (Lipinski definition) is 1. The second kappa shape index (κ2) is 9.32. The predicted octanol–water partition coefficient (Wildman–Crippen LogP) is 5.41. The van der Waals surface area contributed by atoms with E-state index < -0.39 is 5.25 Å². The molecule has 0 unspecified atom stereocenters. The van der Waals surface area contributed by atoms with Crippen molar-refractivity contribution in [3.63, 3.8) is 0 Å². The van der Waals surface area contributed by atoms with E-state index in [0.29, 0.717) is 21.7 Å². The molecule has 31 heavy (non-hydrogen) atoms. The van der Waals surface area contributed by atoms with Crippen LogP contribution in [0.1, 0.15) is 12.5 Å². The highest BCUT2D eigenvalue weighted by molar-refractivity contribution is 8.00. The Kier molecular flexibility index (Phi) is 6.34. The fourth-order valence-corrected chi connectivity index (χ4v) is 4.04. The van der Waals surface area contributed by atoms with Crippen LogP contribution in [0.2, 0.25) is 5.02 Å². The maximum absolute atomic E-state index is 12.8. The van der Waals surface area contributed by atoms with E-state index in [1.54, 1.807) is 36.7 Å². The lowest BCUT2D eigenvalue weighted by Crippen LogP contribution is -2.22. The number of nitrogens with zero attached hydrogens (tertiary/aromatic N) is 4. The molecule has 1 atom stereocenters. The molecular weight excluding hydrogens is 430 g/mol. The molecule has 0 fully saturated rings. The zero-order valence-corrected chi connectivity index (χ0v) is 18.6. The van der Waals surface area contributed by atoms with E-state index in [1.807, 2.05) is 54.8 Å². The molecule has 156 valence electrons. The van der Waals surface area contributed by atoms with Gasteiger partial charge in [-0.3, -0.25) is 14.3 Å². The Labute approximate surface area is 189 Å². The van der Waals surface area contributed by atoms with Crippen LogP contribution in [0, 0.1) is 6.92 Å². The zero-order valence-electron chi connectivity index (χ0n) is 17.0. The molecule has 6 nitrogen and oxygen atoms in total. The minimum atomic E-state index is -0.395. The molecule has 0 aliphatic heterocycles. The van der Waals surface area contributed by atoms with E-state index >= 15 is 0 Å². The Bertz CT molecular complexity index is 1190. The van der Waals surface area contributed by atoms with Gasteiger partial charge in [0.2, 0.25) is 5.91 Å². The highest BCUT2D eigenvalue weighted by Crippen LogP contribution is 2.31. The Morgan fingerprint density at radius 1 is 1.03 bits per heavy atom. The summed E-state index contributed by atoms with van der Waals surface area (Å²) in [6.45, 7) is 3.88. The van der Waals surface area contributed by atoms with Gasteiger partial charge in [-0.2, -0.15) is 0 Å². The summed E-state index contributed by atoms with van der Waals surface area (Å²) >= 11 is 7.28. The number of amides is 1. The Morgan fingerprint density at radius 2 is 1.74 bits per heavy atom. The second-order valence-corrected chi connectivity index (χ2v) is 8.66. The topological polar surface area (TPSA) is 72.7 Å². The molecule has 0 aliphatic rings. The van der Waals surface area contributed by atoms with Gasteiger partial charge in [0, 0.05) is 28.7 Å². The van der Waals surface area contributed by atoms with E-state index in [1.165, 1.54) is 11.8 Å². The van der Waals surface area contributed by atoms with Crippen molar-refractivity contribution >= 4 is 35.0 Å². The fourth-order valence-electron chi connectivity index (χ4n) is 3.05. The average Bonchev–Trinajstić information content (AvgIpc) is 3.19. The number of rotatable bonds is 6. The van der Waals surface area contributed by atoms with Crippen molar-refractivity contribution in [3.05, 3.63) is 83.6 Å². The summed E-state index contributed by atoms with van der Waals surface area (Å²) in [7, 11) is 0. The average molecular weight is 450 g/mol. The third kappa shape index (κ3) is 4.78. The minimum Gasteiger partial charge on any atom is -0.325 e. The lowest BCUT2D eigenvalue weighted by Gasteiger charge is -2.15. The Hall–Kier alpha value is -3.16. The molecular formula is C23H20ClN5OS. The molecule has 0 saturated heterocycles. The number of pyridine rings is 1. The van der Waals surface area contributed by atoms with Crippen LogP contribution in [-0.2, 0) is 4.79 Å². The number of carbonyl (C=O) groups excluding carboxylic acids is 1. The first-order chi connectivity index (χ1) is 15.0. The maximum Gasteiger partial charge on any atom is 0.237 e. The van der Waals surface area contributed by atoms with Crippen LogP contribution in [0.3, 0.4) is 0 Å². The molecule has 4 rings (SSSR count). The number of carbonyl (C=O) groups is 1. The summed E-state index contributed by atoms with van der Waals surface area (Å²) in [5.74, 6) is 0.571. The van der Waals surface area contributed by atoms with E-state index in [-0.39, 0.29) is 5.91 Å². The van der Waals surface area contributed by atoms with Crippen LogP contribution >= 0.6 is 23.4 Å². The summed E-state index contributed by atoms with van der Waals surface area (Å²) in [6, 6.07) is 18.8. The fraction of sp³-hybridized carbons (Fsp3) is 0.130. The largest absolute Gasteiger partial charge is 0.325 e. The molecule has 2 heterocycles. The van der Waals surface area contributed by atoms with Crippen LogP contribution in [0.4, 0.5) is 5.69 Å². The van der Waals surface area contributed by atoms with Gasteiger partial charge in [-0.05, 0) is 61.9 Å². The summed E-state index contributed by atoms with van der Waals surface area (Å²) < 4.78 is 1.99. The Morgan fingerprint density at radius 3 is 2.45 bits per heavy atom. The molecule has 0 spiro atoms. The number of nitrogens with one attached hydrogen (secondary N) is 1. The van der Waals surface area contributed by atoms with E-state index in [2.05, 4.69) is 20.5 Å². The first-order valence-electron chi connectivity index (χ1n) is 9.68. The quantitative estimate of drug-likeness (QED) is 0.398. The molecule has 8 heteroatoms. The summed E-state index contributed by atoms with van der Waals surface area (Å²) in [5.41, 5.74) is 3.64. The highest BCUT2D eigenvalue weighted by Gasteiger charge is 2.22. The number of aromatic nitrogens is 4. The van der Waals surface area contributed by atoms with Crippen molar-refractivity contribution in [1.82, 2.24) is 19.7 Å². The van der Waals surface area contributed by atoms with Crippen molar-refractivity contribution in [2.45, 2.75) is 24.3 Å². The molecule has 2 aromatic carbocycles. The van der Waals surface area contributed by atoms with Crippen LogP contribution in [0.25, 0.3) is 17.1 Å². The molecule has 1 N–H and O–H groups in total. The lowest BCUT2D eigenvalue weighted by molar-refractivity contribution is -0.115. The number of aryl methyl sites for hydroxylation is 1. The van der Waals surface area contributed by atoms with Crippen LogP contribution in [0.15, 0.2) is 78.2 Å². The van der Waals surface area contributed by atoms with Crippen molar-refractivity contribution in [1.29, 1.82) is 0 Å². The third-order valence-electron chi connectivity index (χ3n) is 4.69. The van der Waals surface area contributed by atoms with Gasteiger partial charge in [0.25, 0.3) is 0 Å². The van der Waals surface area contributed by atoms with Gasteiger partial charge in [-0.15, -0.1) is 10.2 Å². The molecule has 0 saturated carbocycles. The Balaban J connectivity index is 1.65. The number of hydrogen-bond acceptors (Lipinski definition) is 5. The van der Waals surface area contributed by atoms with E-state index in [0.717, 1.165) is 16.8 Å². The van der Waals surface area contributed by atoms with Gasteiger partial charge in [-0.25, -0.2) is 0 Å². The number of benzene rings is 2. The molecule has 1 amide bonds. The standard InChI is InChI=1S/C23H20ClN5OS/c1-15-5-3-4-6-20(15)29-21(17-11-13-25-14-12-17)27-28-23(29)31-16(2)22(30)26-19-9-7-18(24)8-10-19/h3-14,16H,1-2H3,(H,26,30)/t16-/m1/s1. The zero-order chi connectivity index (χ0) is 21.8. The number of thioether (sulfide) groups is 1. The van der Waals surface area contributed by atoms with Crippen LogP contribution < -0.4 is 5.32 Å². The monoisotopic (exact) mass is 449 g/mol. The van der Waals surface area contributed by atoms with Crippen molar-refractivity contribution in [3.8, 4) is 17.1 Å². The molecule has 4 aromatic rings. The molecule has 0 aliphatic carbocycles. The van der Waals surface area contributed by atoms with Gasteiger partial charge >= 0.3 is 0 Å². The summed E-state index contributed by atoms with van der Waals surface area (Å²) in [5, 5.41) is 12.6. The first-order valence-corrected chi connectivity index (χ1v) is 10.9. The SMILES string of the molecule is Cc1ccccc1-n1c(S[C@H](C)C(=O)Nc2ccc(Cl)cc2)nnc1-c1ccncc1.